The Balaban J connectivity index is 2.47. The quantitative estimate of drug-likeness (QED) is 0.481. The van der Waals surface area contributed by atoms with Crippen LogP contribution >= 0.6 is 0 Å². The van der Waals surface area contributed by atoms with Crippen LogP contribution in [0, 0.1) is 11.8 Å². The maximum absolute atomic E-state index is 10.8. The van der Waals surface area contributed by atoms with E-state index in [0.29, 0.717) is 5.92 Å². The smallest absolute Gasteiger partial charge is 0.120 e. The van der Waals surface area contributed by atoms with Crippen LogP contribution < -0.4 is 0 Å². The van der Waals surface area contributed by atoms with Crippen LogP contribution in [0.15, 0.2) is 23.3 Å². The Bertz CT molecular complexity index is 295. The second-order valence-corrected chi connectivity index (χ2v) is 5.61. The lowest BCUT2D eigenvalue weighted by atomic mass is 9.77. The Kier molecular flexibility index (Phi) is 6.25. The van der Waals surface area contributed by atoms with Crippen LogP contribution in [-0.4, -0.2) is 6.29 Å². The Morgan fingerprint density at radius 3 is 2.82 bits per heavy atom. The van der Waals surface area contributed by atoms with Gasteiger partial charge in [0.15, 0.2) is 0 Å². The van der Waals surface area contributed by atoms with Gasteiger partial charge >= 0.3 is 0 Å². The Morgan fingerprint density at radius 2 is 2.29 bits per heavy atom. The molecule has 0 fully saturated rings. The summed E-state index contributed by atoms with van der Waals surface area (Å²) in [7, 11) is 0. The van der Waals surface area contributed by atoms with E-state index in [2.05, 4.69) is 32.9 Å². The lowest BCUT2D eigenvalue weighted by molar-refractivity contribution is -0.109. The summed E-state index contributed by atoms with van der Waals surface area (Å²) in [5.74, 6) is 1.32. The number of carbonyl (C=O) groups excluding carboxylic acids is 1. The van der Waals surface area contributed by atoms with E-state index < -0.39 is 0 Å². The maximum Gasteiger partial charge on any atom is 0.120 e. The fourth-order valence-corrected chi connectivity index (χ4v) is 2.67. The first kappa shape index (κ1) is 14.2. The highest BCUT2D eigenvalue weighted by Gasteiger charge is 2.21. The van der Waals surface area contributed by atoms with E-state index in [9.17, 15) is 4.79 Å². The van der Waals surface area contributed by atoms with E-state index in [0.717, 1.165) is 25.0 Å². The molecule has 17 heavy (non-hydrogen) atoms. The van der Waals surface area contributed by atoms with Gasteiger partial charge in [0.2, 0.25) is 0 Å². The molecular formula is C16H26O. The van der Waals surface area contributed by atoms with E-state index in [1.807, 2.05) is 0 Å². The number of hydrogen-bond acceptors (Lipinski definition) is 1. The van der Waals surface area contributed by atoms with Crippen LogP contribution in [0.5, 0.6) is 0 Å². The van der Waals surface area contributed by atoms with Crippen molar-refractivity contribution in [3.8, 4) is 0 Å². The van der Waals surface area contributed by atoms with Crippen molar-refractivity contribution >= 4 is 6.29 Å². The van der Waals surface area contributed by atoms with Crippen molar-refractivity contribution in [3.63, 3.8) is 0 Å². The Morgan fingerprint density at radius 1 is 1.53 bits per heavy atom. The van der Waals surface area contributed by atoms with Gasteiger partial charge in [-0.25, -0.2) is 0 Å². The summed E-state index contributed by atoms with van der Waals surface area (Å²) >= 11 is 0. The molecular weight excluding hydrogens is 208 g/mol. The molecule has 0 bridgehead atoms. The highest BCUT2D eigenvalue weighted by atomic mass is 16.1. The Hall–Kier alpha value is -0.850. The summed E-state index contributed by atoms with van der Waals surface area (Å²) in [6, 6.07) is 0. The second-order valence-electron chi connectivity index (χ2n) is 5.61. The van der Waals surface area contributed by atoms with E-state index in [-0.39, 0.29) is 0 Å². The zero-order valence-electron chi connectivity index (χ0n) is 11.5. The second kappa shape index (κ2) is 7.47. The summed E-state index contributed by atoms with van der Waals surface area (Å²) in [6.07, 6.45) is 12.5. The van der Waals surface area contributed by atoms with Crippen molar-refractivity contribution in [2.75, 3.05) is 0 Å². The summed E-state index contributed by atoms with van der Waals surface area (Å²) in [4.78, 5) is 10.8. The van der Waals surface area contributed by atoms with Gasteiger partial charge in [-0.15, -0.1) is 0 Å². The standard InChI is InChI=1S/C16H26O/c1-13(2)5-4-6-15(11-12-17)16-9-7-14(3)8-10-16/h5,7,12,15-16H,4,6,8-11H2,1-3H3/t15?,16-/m0/s1. The fraction of sp³-hybridized carbons (Fsp3) is 0.688. The van der Waals surface area contributed by atoms with Gasteiger partial charge in [-0.2, -0.15) is 0 Å². The molecule has 0 N–H and O–H groups in total. The minimum absolute atomic E-state index is 0.590. The van der Waals surface area contributed by atoms with Gasteiger partial charge in [0, 0.05) is 6.42 Å². The number of aldehydes is 1. The minimum Gasteiger partial charge on any atom is -0.303 e. The number of allylic oxidation sites excluding steroid dienone is 4. The molecule has 0 saturated carbocycles. The van der Waals surface area contributed by atoms with Crippen LogP contribution in [0.2, 0.25) is 0 Å². The maximum atomic E-state index is 10.8. The molecule has 1 rings (SSSR count). The average Bonchev–Trinajstić information content (AvgIpc) is 2.29. The van der Waals surface area contributed by atoms with E-state index >= 15 is 0 Å². The predicted octanol–water partition coefficient (Wildman–Crippen LogP) is 4.68. The molecule has 1 aliphatic rings. The summed E-state index contributed by atoms with van der Waals surface area (Å²) in [5, 5.41) is 0. The summed E-state index contributed by atoms with van der Waals surface area (Å²) in [6.45, 7) is 6.50. The molecule has 1 nitrogen and oxygen atoms in total. The summed E-state index contributed by atoms with van der Waals surface area (Å²) < 4.78 is 0. The van der Waals surface area contributed by atoms with E-state index in [1.54, 1.807) is 0 Å². The molecule has 2 atom stereocenters. The fourth-order valence-electron chi connectivity index (χ4n) is 2.67. The normalized spacial score (nSPS) is 21.6. The third-order valence-corrected chi connectivity index (χ3v) is 3.83. The lowest BCUT2D eigenvalue weighted by Crippen LogP contribution is -2.17. The van der Waals surface area contributed by atoms with Crippen LogP contribution in [0.4, 0.5) is 0 Å². The molecule has 0 amide bonds. The molecule has 0 aromatic carbocycles. The highest BCUT2D eigenvalue weighted by Crippen LogP contribution is 2.33. The Labute approximate surface area is 106 Å². The van der Waals surface area contributed by atoms with Crippen molar-refractivity contribution < 1.29 is 4.79 Å². The largest absolute Gasteiger partial charge is 0.303 e. The number of carbonyl (C=O) groups is 1. The van der Waals surface area contributed by atoms with Gasteiger partial charge in [0.05, 0.1) is 0 Å². The van der Waals surface area contributed by atoms with E-state index in [1.165, 1.54) is 36.8 Å². The zero-order valence-corrected chi connectivity index (χ0v) is 11.5. The molecule has 0 saturated heterocycles. The minimum atomic E-state index is 0.590. The highest BCUT2D eigenvalue weighted by molar-refractivity contribution is 5.49. The first-order valence-electron chi connectivity index (χ1n) is 6.86. The van der Waals surface area contributed by atoms with Gasteiger partial charge in [0.25, 0.3) is 0 Å². The third-order valence-electron chi connectivity index (χ3n) is 3.83. The van der Waals surface area contributed by atoms with Crippen molar-refractivity contribution in [2.45, 2.75) is 59.3 Å². The molecule has 96 valence electrons. The number of rotatable bonds is 6. The first-order chi connectivity index (χ1) is 8.13. The van der Waals surface area contributed by atoms with Gasteiger partial charge in [0.1, 0.15) is 6.29 Å². The SMILES string of the molecule is CC(C)=CCCC(CC=O)[C@H]1CC=C(C)CC1. The van der Waals surface area contributed by atoms with Crippen LogP contribution in [0.25, 0.3) is 0 Å². The van der Waals surface area contributed by atoms with Crippen molar-refractivity contribution in [1.29, 1.82) is 0 Å². The van der Waals surface area contributed by atoms with E-state index in [4.69, 9.17) is 0 Å². The summed E-state index contributed by atoms with van der Waals surface area (Å²) in [5.41, 5.74) is 2.91. The van der Waals surface area contributed by atoms with Gasteiger partial charge < -0.3 is 4.79 Å². The molecule has 1 unspecified atom stereocenters. The van der Waals surface area contributed by atoms with Crippen molar-refractivity contribution in [1.82, 2.24) is 0 Å². The van der Waals surface area contributed by atoms with Crippen LogP contribution in [-0.2, 0) is 4.79 Å². The topological polar surface area (TPSA) is 17.1 Å². The van der Waals surface area contributed by atoms with Crippen molar-refractivity contribution in [3.05, 3.63) is 23.3 Å². The van der Waals surface area contributed by atoms with Crippen LogP contribution in [0.1, 0.15) is 59.3 Å². The van der Waals surface area contributed by atoms with Crippen LogP contribution in [0.3, 0.4) is 0 Å². The zero-order chi connectivity index (χ0) is 12.7. The molecule has 0 heterocycles. The number of hydrogen-bond donors (Lipinski definition) is 0. The third kappa shape index (κ3) is 5.34. The van der Waals surface area contributed by atoms with Gasteiger partial charge in [-0.3, -0.25) is 0 Å². The monoisotopic (exact) mass is 234 g/mol. The van der Waals surface area contributed by atoms with Crippen molar-refractivity contribution in [2.24, 2.45) is 11.8 Å². The molecule has 0 aromatic rings. The molecule has 0 spiro atoms. The lowest BCUT2D eigenvalue weighted by Gasteiger charge is -2.28. The molecule has 0 aliphatic heterocycles. The average molecular weight is 234 g/mol. The van der Waals surface area contributed by atoms with Gasteiger partial charge in [-0.1, -0.05) is 23.3 Å². The first-order valence-corrected chi connectivity index (χ1v) is 6.86. The van der Waals surface area contributed by atoms with Gasteiger partial charge in [-0.05, 0) is 64.7 Å². The molecule has 1 aliphatic carbocycles. The predicted molar refractivity (Wildman–Crippen MR) is 73.9 cm³/mol. The molecule has 0 radical (unpaired) electrons. The molecule has 1 heteroatoms. The molecule has 0 aromatic heterocycles.